The SMILES string of the molecule is CNC(=O)c1c(N)nsc1NC(C)CCOC. The van der Waals surface area contributed by atoms with Crippen molar-refractivity contribution >= 4 is 28.3 Å². The molecule has 1 atom stereocenters. The van der Waals surface area contributed by atoms with E-state index in [1.807, 2.05) is 6.92 Å². The van der Waals surface area contributed by atoms with Gasteiger partial charge in [0, 0.05) is 26.8 Å². The summed E-state index contributed by atoms with van der Waals surface area (Å²) in [6.45, 7) is 2.68. The maximum absolute atomic E-state index is 11.6. The number of nitrogens with one attached hydrogen (secondary N) is 2. The molecule has 0 saturated heterocycles. The summed E-state index contributed by atoms with van der Waals surface area (Å²) in [7, 11) is 3.23. The zero-order valence-electron chi connectivity index (χ0n) is 10.2. The third kappa shape index (κ3) is 3.57. The largest absolute Gasteiger partial charge is 0.385 e. The summed E-state index contributed by atoms with van der Waals surface area (Å²) in [6.07, 6.45) is 0.849. The number of carbonyl (C=O) groups excluding carboxylic acids is 1. The Balaban J connectivity index is 2.74. The molecule has 0 aliphatic rings. The molecule has 0 saturated carbocycles. The first kappa shape index (κ1) is 13.7. The summed E-state index contributed by atoms with van der Waals surface area (Å²) in [6, 6.07) is 0.193. The number of nitrogen functional groups attached to an aromatic ring is 1. The Hall–Kier alpha value is -1.34. The number of hydrogen-bond donors (Lipinski definition) is 3. The number of nitrogens with two attached hydrogens (primary N) is 1. The Morgan fingerprint density at radius 3 is 2.94 bits per heavy atom. The second-order valence-electron chi connectivity index (χ2n) is 3.68. The van der Waals surface area contributed by atoms with Crippen LogP contribution in [0.3, 0.4) is 0 Å². The van der Waals surface area contributed by atoms with Gasteiger partial charge in [0.25, 0.3) is 5.91 Å². The van der Waals surface area contributed by atoms with Gasteiger partial charge in [-0.1, -0.05) is 0 Å². The smallest absolute Gasteiger partial charge is 0.257 e. The quantitative estimate of drug-likeness (QED) is 0.706. The van der Waals surface area contributed by atoms with Crippen LogP contribution in [0.15, 0.2) is 0 Å². The van der Waals surface area contributed by atoms with Gasteiger partial charge in [-0.3, -0.25) is 4.79 Å². The van der Waals surface area contributed by atoms with Gasteiger partial charge in [-0.25, -0.2) is 0 Å². The van der Waals surface area contributed by atoms with E-state index in [0.29, 0.717) is 17.2 Å². The van der Waals surface area contributed by atoms with Crippen LogP contribution in [-0.4, -0.2) is 37.1 Å². The molecule has 1 aromatic rings. The van der Waals surface area contributed by atoms with Gasteiger partial charge in [0.1, 0.15) is 10.6 Å². The number of nitrogens with zero attached hydrogens (tertiary/aromatic N) is 1. The summed E-state index contributed by atoms with van der Waals surface area (Å²) in [5, 5.41) is 6.46. The van der Waals surface area contributed by atoms with Gasteiger partial charge >= 0.3 is 0 Å². The van der Waals surface area contributed by atoms with Crippen molar-refractivity contribution in [2.24, 2.45) is 0 Å². The molecule has 4 N–H and O–H groups in total. The second-order valence-corrected chi connectivity index (χ2v) is 4.45. The maximum Gasteiger partial charge on any atom is 0.257 e. The average molecular weight is 258 g/mol. The van der Waals surface area contributed by atoms with E-state index in [-0.39, 0.29) is 17.8 Å². The number of ether oxygens (including phenoxy) is 1. The minimum atomic E-state index is -0.224. The van der Waals surface area contributed by atoms with Crippen molar-refractivity contribution in [2.45, 2.75) is 19.4 Å². The lowest BCUT2D eigenvalue weighted by molar-refractivity contribution is 0.0965. The van der Waals surface area contributed by atoms with Crippen LogP contribution in [0.5, 0.6) is 0 Å². The van der Waals surface area contributed by atoms with E-state index < -0.39 is 0 Å². The number of anilines is 2. The topological polar surface area (TPSA) is 89.3 Å². The lowest BCUT2D eigenvalue weighted by atomic mass is 10.2. The minimum absolute atomic E-state index is 0.193. The van der Waals surface area contributed by atoms with Gasteiger partial charge in [0.2, 0.25) is 0 Å². The molecular formula is C10H18N4O2S. The molecule has 96 valence electrons. The van der Waals surface area contributed by atoms with Crippen molar-refractivity contribution in [3.05, 3.63) is 5.56 Å². The highest BCUT2D eigenvalue weighted by molar-refractivity contribution is 7.11. The lowest BCUT2D eigenvalue weighted by Crippen LogP contribution is -2.22. The third-order valence-electron chi connectivity index (χ3n) is 2.31. The van der Waals surface area contributed by atoms with Crippen LogP contribution in [0.25, 0.3) is 0 Å². The van der Waals surface area contributed by atoms with Gasteiger partial charge in [-0.15, -0.1) is 0 Å². The van der Waals surface area contributed by atoms with E-state index in [4.69, 9.17) is 10.5 Å². The summed E-state index contributed by atoms with van der Waals surface area (Å²) in [4.78, 5) is 11.6. The Bertz CT molecular complexity index is 380. The molecule has 0 fully saturated rings. The molecule has 0 radical (unpaired) electrons. The van der Waals surface area contributed by atoms with Crippen molar-refractivity contribution < 1.29 is 9.53 Å². The normalized spacial score (nSPS) is 12.2. The number of hydrogen-bond acceptors (Lipinski definition) is 6. The number of amides is 1. The number of methoxy groups -OCH3 is 1. The van der Waals surface area contributed by atoms with Crippen LogP contribution in [-0.2, 0) is 4.74 Å². The van der Waals surface area contributed by atoms with Crippen LogP contribution < -0.4 is 16.4 Å². The first-order chi connectivity index (χ1) is 8.10. The molecule has 7 heteroatoms. The Morgan fingerprint density at radius 2 is 2.35 bits per heavy atom. The van der Waals surface area contributed by atoms with Crippen LogP contribution >= 0.6 is 11.5 Å². The molecule has 17 heavy (non-hydrogen) atoms. The van der Waals surface area contributed by atoms with Crippen molar-refractivity contribution in [2.75, 3.05) is 31.8 Å². The second kappa shape index (κ2) is 6.41. The first-order valence-corrected chi connectivity index (χ1v) is 6.10. The van der Waals surface area contributed by atoms with E-state index in [9.17, 15) is 4.79 Å². The first-order valence-electron chi connectivity index (χ1n) is 5.32. The maximum atomic E-state index is 11.6. The Kier molecular flexibility index (Phi) is 5.17. The Labute approximate surface area is 105 Å². The van der Waals surface area contributed by atoms with E-state index in [2.05, 4.69) is 15.0 Å². The molecule has 1 aromatic heterocycles. The van der Waals surface area contributed by atoms with E-state index in [0.717, 1.165) is 6.42 Å². The summed E-state index contributed by atoms with van der Waals surface area (Å²) < 4.78 is 8.98. The Morgan fingerprint density at radius 1 is 1.65 bits per heavy atom. The molecule has 0 aliphatic heterocycles. The number of aromatic nitrogens is 1. The molecular weight excluding hydrogens is 240 g/mol. The third-order valence-corrected chi connectivity index (χ3v) is 3.10. The van der Waals surface area contributed by atoms with Crippen molar-refractivity contribution in [3.63, 3.8) is 0 Å². The van der Waals surface area contributed by atoms with Crippen LogP contribution in [0.2, 0.25) is 0 Å². The molecule has 0 aliphatic carbocycles. The van der Waals surface area contributed by atoms with Crippen LogP contribution in [0.4, 0.5) is 10.8 Å². The molecule has 1 unspecified atom stereocenters. The van der Waals surface area contributed by atoms with Crippen LogP contribution in [0.1, 0.15) is 23.7 Å². The van der Waals surface area contributed by atoms with E-state index in [1.54, 1.807) is 14.2 Å². The highest BCUT2D eigenvalue weighted by Gasteiger charge is 2.19. The summed E-state index contributed by atoms with van der Waals surface area (Å²) in [5.41, 5.74) is 6.09. The fraction of sp³-hybridized carbons (Fsp3) is 0.600. The lowest BCUT2D eigenvalue weighted by Gasteiger charge is -2.13. The van der Waals surface area contributed by atoms with Crippen molar-refractivity contribution in [1.29, 1.82) is 0 Å². The molecule has 1 rings (SSSR count). The van der Waals surface area contributed by atoms with E-state index >= 15 is 0 Å². The molecule has 0 bridgehead atoms. The van der Waals surface area contributed by atoms with Crippen molar-refractivity contribution in [3.8, 4) is 0 Å². The molecule has 1 heterocycles. The van der Waals surface area contributed by atoms with Crippen molar-refractivity contribution in [1.82, 2.24) is 9.69 Å². The zero-order valence-corrected chi connectivity index (χ0v) is 11.1. The molecule has 6 nitrogen and oxygen atoms in total. The predicted octanol–water partition coefficient (Wildman–Crippen LogP) is 0.922. The molecule has 0 spiro atoms. The van der Waals surface area contributed by atoms with Gasteiger partial charge in [-0.2, -0.15) is 4.37 Å². The standard InChI is InChI=1S/C10H18N4O2S/c1-6(4-5-16-3)13-10-7(9(15)12-2)8(11)14-17-10/h6,13H,4-5H2,1-3H3,(H2,11,14)(H,12,15). The van der Waals surface area contributed by atoms with Gasteiger partial charge in [0.15, 0.2) is 5.82 Å². The van der Waals surface area contributed by atoms with Gasteiger partial charge < -0.3 is 21.1 Å². The highest BCUT2D eigenvalue weighted by Crippen LogP contribution is 2.27. The number of rotatable bonds is 6. The fourth-order valence-corrected chi connectivity index (χ4v) is 2.16. The predicted molar refractivity (Wildman–Crippen MR) is 69.5 cm³/mol. The zero-order chi connectivity index (χ0) is 12.8. The van der Waals surface area contributed by atoms with E-state index in [1.165, 1.54) is 11.5 Å². The number of carbonyl (C=O) groups is 1. The monoisotopic (exact) mass is 258 g/mol. The summed E-state index contributed by atoms with van der Waals surface area (Å²) in [5.74, 6) is 0.0356. The summed E-state index contributed by atoms with van der Waals surface area (Å²) >= 11 is 1.19. The van der Waals surface area contributed by atoms with Gasteiger partial charge in [0.05, 0.1) is 0 Å². The minimum Gasteiger partial charge on any atom is -0.385 e. The van der Waals surface area contributed by atoms with Crippen LogP contribution in [0, 0.1) is 0 Å². The average Bonchev–Trinajstić information content (AvgIpc) is 2.67. The van der Waals surface area contributed by atoms with Gasteiger partial charge in [-0.05, 0) is 24.9 Å². The highest BCUT2D eigenvalue weighted by atomic mass is 32.1. The molecule has 1 amide bonds. The fourth-order valence-electron chi connectivity index (χ4n) is 1.34. The molecule has 0 aromatic carbocycles.